The topological polar surface area (TPSA) is 71.9 Å². The number of hydrogen-bond acceptors (Lipinski definition) is 4. The smallest absolute Gasteiger partial charge is 0.183 e. The third-order valence-electron chi connectivity index (χ3n) is 2.69. The Morgan fingerprint density at radius 3 is 2.55 bits per heavy atom. The molecule has 0 saturated carbocycles. The summed E-state index contributed by atoms with van der Waals surface area (Å²) in [5.41, 5.74) is 7.18. The Labute approximate surface area is 118 Å². The fourth-order valence-electron chi connectivity index (χ4n) is 1.89. The van der Waals surface area contributed by atoms with Crippen LogP contribution in [0, 0.1) is 11.3 Å². The average Bonchev–Trinajstić information content (AvgIpc) is 2.40. The van der Waals surface area contributed by atoms with Crippen molar-refractivity contribution in [2.24, 2.45) is 5.73 Å². The molecule has 0 bridgehead atoms. The average molecular weight is 267 g/mol. The van der Waals surface area contributed by atoms with Gasteiger partial charge in [-0.1, -0.05) is 12.1 Å². The normalized spacial score (nSPS) is 10.9. The minimum atomic E-state index is -0.236. The number of pyridine rings is 1. The molecule has 1 aromatic heterocycles. The number of rotatable bonds is 4. The van der Waals surface area contributed by atoms with Crippen LogP contribution in [-0.2, 0) is 6.42 Å². The first-order chi connectivity index (χ1) is 9.48. The van der Waals surface area contributed by atoms with Gasteiger partial charge in [0, 0.05) is 11.7 Å². The van der Waals surface area contributed by atoms with Crippen LogP contribution in [0.4, 0.5) is 0 Å². The van der Waals surface area contributed by atoms with E-state index in [2.05, 4.69) is 4.98 Å². The number of nitriles is 1. The fourth-order valence-corrected chi connectivity index (χ4v) is 1.89. The Kier molecular flexibility index (Phi) is 4.02. The molecule has 20 heavy (non-hydrogen) atoms. The van der Waals surface area contributed by atoms with Crippen LogP contribution in [0.3, 0.4) is 0 Å². The molecule has 1 heterocycles. The second-order valence-electron chi connectivity index (χ2n) is 5.37. The summed E-state index contributed by atoms with van der Waals surface area (Å²) in [5, 5.41) is 8.96. The van der Waals surface area contributed by atoms with Crippen molar-refractivity contribution < 1.29 is 4.74 Å². The molecular formula is C16H17N3O. The molecule has 0 aliphatic rings. The predicted octanol–water partition coefficient (Wildman–Crippen LogP) is 3.03. The highest BCUT2D eigenvalue weighted by Gasteiger charge is 2.11. The van der Waals surface area contributed by atoms with Crippen LogP contribution in [0.5, 0.6) is 11.5 Å². The van der Waals surface area contributed by atoms with Gasteiger partial charge in [0.05, 0.1) is 0 Å². The lowest BCUT2D eigenvalue weighted by Crippen LogP contribution is -2.34. The molecule has 102 valence electrons. The first-order valence-electron chi connectivity index (χ1n) is 6.39. The Hall–Kier alpha value is -2.38. The third-order valence-corrected chi connectivity index (χ3v) is 2.69. The summed E-state index contributed by atoms with van der Waals surface area (Å²) in [5.74, 6) is 1.13. The van der Waals surface area contributed by atoms with E-state index >= 15 is 0 Å². The highest BCUT2D eigenvalue weighted by Crippen LogP contribution is 2.24. The Bertz CT molecular complexity index is 621. The van der Waals surface area contributed by atoms with E-state index in [4.69, 9.17) is 15.7 Å². The molecule has 0 unspecified atom stereocenters. The van der Waals surface area contributed by atoms with Gasteiger partial charge in [-0.25, -0.2) is 4.98 Å². The lowest BCUT2D eigenvalue weighted by molar-refractivity contribution is 0.477. The van der Waals surface area contributed by atoms with Gasteiger partial charge in [0.2, 0.25) is 0 Å². The Balaban J connectivity index is 2.13. The first kappa shape index (κ1) is 14.0. The molecule has 0 fully saturated rings. The molecular weight excluding hydrogens is 250 g/mol. The van der Waals surface area contributed by atoms with Crippen molar-refractivity contribution in [1.29, 1.82) is 5.26 Å². The summed E-state index contributed by atoms with van der Waals surface area (Å²) in [6, 6.07) is 13.2. The van der Waals surface area contributed by atoms with Gasteiger partial charge >= 0.3 is 0 Å². The summed E-state index contributed by atoms with van der Waals surface area (Å²) in [4.78, 5) is 3.96. The molecule has 0 aliphatic carbocycles. The third kappa shape index (κ3) is 3.81. The summed E-state index contributed by atoms with van der Waals surface area (Å²) >= 11 is 0. The zero-order chi connectivity index (χ0) is 14.6. The van der Waals surface area contributed by atoms with E-state index in [9.17, 15) is 0 Å². The van der Waals surface area contributed by atoms with E-state index in [0.717, 1.165) is 12.0 Å². The van der Waals surface area contributed by atoms with E-state index in [1.165, 1.54) is 0 Å². The lowest BCUT2D eigenvalue weighted by atomic mass is 9.96. The summed E-state index contributed by atoms with van der Waals surface area (Å²) in [6.45, 7) is 3.98. The van der Waals surface area contributed by atoms with E-state index < -0.39 is 0 Å². The van der Waals surface area contributed by atoms with Crippen molar-refractivity contribution in [3.05, 3.63) is 53.9 Å². The van der Waals surface area contributed by atoms with Crippen molar-refractivity contribution in [2.45, 2.75) is 25.8 Å². The highest BCUT2D eigenvalue weighted by atomic mass is 16.5. The number of nitrogens with two attached hydrogens (primary N) is 1. The lowest BCUT2D eigenvalue weighted by Gasteiger charge is -2.18. The van der Waals surface area contributed by atoms with Gasteiger partial charge in [0.25, 0.3) is 0 Å². The molecule has 2 N–H and O–H groups in total. The highest BCUT2D eigenvalue weighted by molar-refractivity contribution is 5.40. The molecule has 2 aromatic rings. The van der Waals surface area contributed by atoms with Gasteiger partial charge in [-0.15, -0.1) is 0 Å². The molecule has 0 radical (unpaired) electrons. The standard InChI is InChI=1S/C16H17N3O/c1-16(2,18)10-12-5-7-13(8-6-12)20-15-4-3-9-19-14(15)11-17/h3-9H,10,18H2,1-2H3. The molecule has 0 amide bonds. The molecule has 0 saturated heterocycles. The van der Waals surface area contributed by atoms with E-state index in [-0.39, 0.29) is 11.2 Å². The number of benzene rings is 1. The SMILES string of the molecule is CC(C)(N)Cc1ccc(Oc2cccnc2C#N)cc1. The maximum atomic E-state index is 8.96. The first-order valence-corrected chi connectivity index (χ1v) is 6.39. The van der Waals surface area contributed by atoms with Crippen LogP contribution >= 0.6 is 0 Å². The van der Waals surface area contributed by atoms with Crippen LogP contribution in [0.25, 0.3) is 0 Å². The van der Waals surface area contributed by atoms with Gasteiger partial charge in [-0.2, -0.15) is 5.26 Å². The Morgan fingerprint density at radius 1 is 1.25 bits per heavy atom. The quantitative estimate of drug-likeness (QED) is 0.924. The van der Waals surface area contributed by atoms with Gasteiger partial charge < -0.3 is 10.5 Å². The number of aromatic nitrogens is 1. The predicted molar refractivity (Wildman–Crippen MR) is 77.4 cm³/mol. The van der Waals surface area contributed by atoms with Crippen molar-refractivity contribution >= 4 is 0 Å². The number of ether oxygens (including phenoxy) is 1. The largest absolute Gasteiger partial charge is 0.454 e. The maximum absolute atomic E-state index is 8.96. The maximum Gasteiger partial charge on any atom is 0.183 e. The van der Waals surface area contributed by atoms with Crippen LogP contribution in [0.1, 0.15) is 25.1 Å². The number of hydrogen-bond donors (Lipinski definition) is 1. The molecule has 4 heteroatoms. The van der Waals surface area contributed by atoms with Crippen LogP contribution in [-0.4, -0.2) is 10.5 Å². The van der Waals surface area contributed by atoms with Gasteiger partial charge in [0.1, 0.15) is 11.8 Å². The van der Waals surface area contributed by atoms with Crippen LogP contribution in [0.15, 0.2) is 42.6 Å². The van der Waals surface area contributed by atoms with Gasteiger partial charge in [0.15, 0.2) is 11.4 Å². The summed E-state index contributed by atoms with van der Waals surface area (Å²) in [6.07, 6.45) is 2.36. The zero-order valence-corrected chi connectivity index (χ0v) is 11.6. The van der Waals surface area contributed by atoms with Crippen LogP contribution < -0.4 is 10.5 Å². The minimum Gasteiger partial charge on any atom is -0.454 e. The molecule has 2 rings (SSSR count). The van der Waals surface area contributed by atoms with E-state index in [1.807, 2.05) is 44.2 Å². The second kappa shape index (κ2) is 5.72. The van der Waals surface area contributed by atoms with Gasteiger partial charge in [-0.05, 0) is 50.1 Å². The minimum absolute atomic E-state index is 0.236. The van der Waals surface area contributed by atoms with Crippen molar-refractivity contribution in [1.82, 2.24) is 4.98 Å². The summed E-state index contributed by atoms with van der Waals surface area (Å²) in [7, 11) is 0. The Morgan fingerprint density at radius 2 is 1.95 bits per heavy atom. The van der Waals surface area contributed by atoms with Gasteiger partial charge in [-0.3, -0.25) is 0 Å². The molecule has 1 aromatic carbocycles. The van der Waals surface area contributed by atoms with E-state index in [1.54, 1.807) is 18.3 Å². The number of nitrogens with zero attached hydrogens (tertiary/aromatic N) is 2. The van der Waals surface area contributed by atoms with Crippen molar-refractivity contribution in [3.63, 3.8) is 0 Å². The molecule has 4 nitrogen and oxygen atoms in total. The molecule has 0 aliphatic heterocycles. The van der Waals surface area contributed by atoms with E-state index in [0.29, 0.717) is 11.5 Å². The van der Waals surface area contributed by atoms with Crippen LogP contribution in [0.2, 0.25) is 0 Å². The van der Waals surface area contributed by atoms with Crippen molar-refractivity contribution in [2.75, 3.05) is 0 Å². The second-order valence-corrected chi connectivity index (χ2v) is 5.37. The van der Waals surface area contributed by atoms with Crippen molar-refractivity contribution in [3.8, 4) is 17.6 Å². The fraction of sp³-hybridized carbons (Fsp3) is 0.250. The summed E-state index contributed by atoms with van der Waals surface area (Å²) < 4.78 is 5.67. The molecule has 0 atom stereocenters. The monoisotopic (exact) mass is 267 g/mol. The molecule has 0 spiro atoms. The zero-order valence-electron chi connectivity index (χ0n) is 11.6.